The normalized spacial score (nSPS) is 11.5. The number of nitrogens with zero attached hydrogens (tertiary/aromatic N) is 4. The van der Waals surface area contributed by atoms with Crippen LogP contribution < -0.4 is 10.6 Å². The molecule has 0 fully saturated rings. The predicted molar refractivity (Wildman–Crippen MR) is 118 cm³/mol. The number of hydrogen-bond donors (Lipinski definition) is 2. The van der Waals surface area contributed by atoms with Crippen molar-refractivity contribution >= 4 is 22.8 Å². The van der Waals surface area contributed by atoms with E-state index in [1.807, 2.05) is 18.2 Å². The molecule has 2 N–H and O–H groups in total. The summed E-state index contributed by atoms with van der Waals surface area (Å²) in [6.07, 6.45) is -0.478. The Kier molecular flexibility index (Phi) is 6.53. The Morgan fingerprint density at radius 1 is 0.970 bits per heavy atom. The number of hydrogen-bond acceptors (Lipinski definition) is 5. The zero-order valence-electron chi connectivity index (χ0n) is 17.5. The molecule has 0 atom stereocenters. The first-order valence-corrected chi connectivity index (χ1v) is 10.3. The fourth-order valence-electron chi connectivity index (χ4n) is 3.36. The molecule has 2 heterocycles. The molecule has 2 aromatic carbocycles. The van der Waals surface area contributed by atoms with Crippen molar-refractivity contribution < 1.29 is 18.0 Å². The molecule has 0 saturated carbocycles. The van der Waals surface area contributed by atoms with Crippen LogP contribution >= 0.6 is 0 Å². The van der Waals surface area contributed by atoms with Gasteiger partial charge in [0.15, 0.2) is 5.65 Å². The molecule has 1 amide bonds. The Hall–Kier alpha value is -3.95. The maximum absolute atomic E-state index is 12.7. The van der Waals surface area contributed by atoms with Gasteiger partial charge in [0.1, 0.15) is 12.1 Å². The van der Waals surface area contributed by atoms with Crippen LogP contribution in [0.1, 0.15) is 21.5 Å². The minimum Gasteiger partial charge on any atom is -0.369 e. The summed E-state index contributed by atoms with van der Waals surface area (Å²) in [5, 5.41) is 11.1. The summed E-state index contributed by atoms with van der Waals surface area (Å²) in [6.45, 7) is 1.28. The monoisotopic (exact) mass is 454 g/mol. The Morgan fingerprint density at radius 3 is 2.45 bits per heavy atom. The van der Waals surface area contributed by atoms with Gasteiger partial charge < -0.3 is 10.6 Å². The number of amides is 1. The zero-order valence-corrected chi connectivity index (χ0v) is 17.5. The van der Waals surface area contributed by atoms with Gasteiger partial charge in [-0.25, -0.2) is 14.6 Å². The highest BCUT2D eigenvalue weighted by Crippen LogP contribution is 2.29. The maximum atomic E-state index is 12.7. The van der Waals surface area contributed by atoms with Crippen LogP contribution in [0, 0.1) is 0 Å². The van der Waals surface area contributed by atoms with Crippen molar-refractivity contribution in [3.8, 4) is 0 Å². The molecule has 33 heavy (non-hydrogen) atoms. The van der Waals surface area contributed by atoms with Crippen molar-refractivity contribution in [2.24, 2.45) is 0 Å². The molecule has 0 bridgehead atoms. The third kappa shape index (κ3) is 5.46. The Balaban J connectivity index is 1.33. The Morgan fingerprint density at radius 2 is 1.73 bits per heavy atom. The number of aromatic nitrogens is 4. The number of fused-ring (bicyclic) bond motifs is 1. The lowest BCUT2D eigenvalue weighted by Gasteiger charge is -2.09. The zero-order chi connectivity index (χ0) is 23.3. The Bertz CT molecular complexity index is 1220. The van der Waals surface area contributed by atoms with Crippen LogP contribution in [0.25, 0.3) is 11.0 Å². The molecule has 7 nitrogen and oxygen atoms in total. The number of alkyl halides is 3. The molecule has 4 aromatic rings. The van der Waals surface area contributed by atoms with E-state index < -0.39 is 17.6 Å². The minimum absolute atomic E-state index is 0.153. The van der Waals surface area contributed by atoms with E-state index in [9.17, 15) is 18.0 Å². The largest absolute Gasteiger partial charge is 0.416 e. The SMILES string of the molecule is O=C(NCCn1ncc2c(NCCc3ccccc3)ncnc21)c1ccc(C(F)(F)F)cc1. The van der Waals surface area contributed by atoms with E-state index in [0.29, 0.717) is 24.6 Å². The van der Waals surface area contributed by atoms with E-state index in [1.165, 1.54) is 11.9 Å². The second-order valence-corrected chi connectivity index (χ2v) is 7.32. The van der Waals surface area contributed by atoms with Crippen molar-refractivity contribution in [2.45, 2.75) is 19.1 Å². The third-order valence-electron chi connectivity index (χ3n) is 5.07. The molecular weight excluding hydrogens is 433 g/mol. The van der Waals surface area contributed by atoms with Crippen LogP contribution in [0.4, 0.5) is 19.0 Å². The van der Waals surface area contributed by atoms with Crippen molar-refractivity contribution in [3.05, 3.63) is 83.8 Å². The van der Waals surface area contributed by atoms with E-state index >= 15 is 0 Å². The molecule has 0 spiro atoms. The predicted octanol–water partition coefficient (Wildman–Crippen LogP) is 3.93. The quantitative estimate of drug-likeness (QED) is 0.422. The van der Waals surface area contributed by atoms with Crippen LogP contribution in [0.2, 0.25) is 0 Å². The molecule has 0 saturated heterocycles. The standard InChI is InChI=1S/C23H21F3N6O/c24-23(25,26)18-8-6-17(7-9-18)22(33)28-12-13-32-21-19(14-31-32)20(29-15-30-21)27-11-10-16-4-2-1-3-5-16/h1-9,14-15H,10-13H2,(H,28,33)(H,27,29,30). The number of nitrogens with one attached hydrogen (secondary N) is 2. The lowest BCUT2D eigenvalue weighted by atomic mass is 10.1. The fraction of sp³-hybridized carbons (Fsp3) is 0.217. The number of carbonyl (C=O) groups excluding carboxylic acids is 1. The summed E-state index contributed by atoms with van der Waals surface area (Å²) in [7, 11) is 0. The van der Waals surface area contributed by atoms with Gasteiger partial charge in [-0.2, -0.15) is 18.3 Å². The summed E-state index contributed by atoms with van der Waals surface area (Å²) in [4.78, 5) is 20.8. The highest BCUT2D eigenvalue weighted by molar-refractivity contribution is 5.94. The summed E-state index contributed by atoms with van der Waals surface area (Å²) >= 11 is 0. The van der Waals surface area contributed by atoms with Crippen LogP contribution in [0.15, 0.2) is 67.1 Å². The smallest absolute Gasteiger partial charge is 0.369 e. The van der Waals surface area contributed by atoms with E-state index in [1.54, 1.807) is 10.9 Å². The minimum atomic E-state index is -4.44. The van der Waals surface area contributed by atoms with Crippen molar-refractivity contribution in [2.75, 3.05) is 18.4 Å². The summed E-state index contributed by atoms with van der Waals surface area (Å²) in [5.74, 6) is 0.217. The van der Waals surface area contributed by atoms with Gasteiger partial charge >= 0.3 is 6.18 Å². The van der Waals surface area contributed by atoms with Gasteiger partial charge in [-0.15, -0.1) is 0 Å². The number of carbonyl (C=O) groups is 1. The first-order chi connectivity index (χ1) is 15.9. The lowest BCUT2D eigenvalue weighted by molar-refractivity contribution is -0.137. The molecule has 4 rings (SSSR count). The summed E-state index contributed by atoms with van der Waals surface area (Å²) in [6, 6.07) is 14.2. The second-order valence-electron chi connectivity index (χ2n) is 7.32. The van der Waals surface area contributed by atoms with Crippen molar-refractivity contribution in [1.82, 2.24) is 25.1 Å². The first kappa shape index (κ1) is 22.3. The van der Waals surface area contributed by atoms with Gasteiger partial charge in [-0.05, 0) is 36.2 Å². The molecule has 0 aliphatic heterocycles. The van der Waals surface area contributed by atoms with Crippen LogP contribution in [-0.4, -0.2) is 38.7 Å². The van der Waals surface area contributed by atoms with Gasteiger partial charge in [0.2, 0.25) is 0 Å². The lowest BCUT2D eigenvalue weighted by Crippen LogP contribution is -2.27. The van der Waals surface area contributed by atoms with Gasteiger partial charge in [0.25, 0.3) is 5.91 Å². The van der Waals surface area contributed by atoms with Gasteiger partial charge in [-0.3, -0.25) is 4.79 Å². The van der Waals surface area contributed by atoms with Crippen molar-refractivity contribution in [3.63, 3.8) is 0 Å². The van der Waals surface area contributed by atoms with Crippen LogP contribution in [0.3, 0.4) is 0 Å². The number of rotatable bonds is 8. The van der Waals surface area contributed by atoms with Crippen LogP contribution in [-0.2, 0) is 19.1 Å². The van der Waals surface area contributed by atoms with E-state index in [-0.39, 0.29) is 12.1 Å². The van der Waals surface area contributed by atoms with E-state index in [2.05, 4.69) is 37.8 Å². The second kappa shape index (κ2) is 9.68. The Labute approximate surface area is 187 Å². The summed E-state index contributed by atoms with van der Waals surface area (Å²) < 4.78 is 39.6. The van der Waals surface area contributed by atoms with E-state index in [0.717, 1.165) is 36.1 Å². The van der Waals surface area contributed by atoms with Crippen LogP contribution in [0.5, 0.6) is 0 Å². The van der Waals surface area contributed by atoms with Gasteiger partial charge in [0, 0.05) is 18.7 Å². The molecule has 10 heteroatoms. The molecule has 2 aromatic heterocycles. The number of anilines is 1. The summed E-state index contributed by atoms with van der Waals surface area (Å²) in [5.41, 5.74) is 1.20. The molecule has 0 radical (unpaired) electrons. The van der Waals surface area contributed by atoms with E-state index in [4.69, 9.17) is 0 Å². The molecular formula is C23H21F3N6O. The fourth-order valence-corrected chi connectivity index (χ4v) is 3.36. The molecule has 0 unspecified atom stereocenters. The van der Waals surface area contributed by atoms with Gasteiger partial charge in [0.05, 0.1) is 23.7 Å². The number of halogens is 3. The van der Waals surface area contributed by atoms with Crippen molar-refractivity contribution in [1.29, 1.82) is 0 Å². The first-order valence-electron chi connectivity index (χ1n) is 10.3. The molecule has 0 aliphatic rings. The number of benzene rings is 2. The highest BCUT2D eigenvalue weighted by atomic mass is 19.4. The highest BCUT2D eigenvalue weighted by Gasteiger charge is 2.30. The topological polar surface area (TPSA) is 84.7 Å². The molecule has 0 aliphatic carbocycles. The third-order valence-corrected chi connectivity index (χ3v) is 5.07. The maximum Gasteiger partial charge on any atom is 0.416 e. The van der Waals surface area contributed by atoms with Gasteiger partial charge in [-0.1, -0.05) is 30.3 Å². The average molecular weight is 454 g/mol. The molecule has 170 valence electrons. The average Bonchev–Trinajstić information content (AvgIpc) is 3.23.